The van der Waals surface area contributed by atoms with Crippen LogP contribution in [0.2, 0.25) is 0 Å². The van der Waals surface area contributed by atoms with E-state index < -0.39 is 53.2 Å². The van der Waals surface area contributed by atoms with E-state index in [9.17, 15) is 35.2 Å². The number of sulfone groups is 1. The van der Waals surface area contributed by atoms with Gasteiger partial charge in [-0.3, -0.25) is 4.79 Å². The fraction of sp³-hybridized carbons (Fsp3) is 0.632. The number of alkyl halides is 5. The van der Waals surface area contributed by atoms with Crippen molar-refractivity contribution in [1.29, 1.82) is 0 Å². The Hall–Kier alpha value is -2.55. The molecule has 0 aliphatic carbocycles. The average molecular weight is 514 g/mol. The first-order valence-electron chi connectivity index (χ1n) is 10.1. The molecule has 15 heteroatoms. The fourth-order valence-corrected chi connectivity index (χ4v) is 5.09. The number of aryl methyl sites for hydroxylation is 1. The predicted molar refractivity (Wildman–Crippen MR) is 110 cm³/mol. The molecular formula is C19H23F5N4O5S. The van der Waals surface area contributed by atoms with Crippen molar-refractivity contribution in [3.63, 3.8) is 0 Å². The summed E-state index contributed by atoms with van der Waals surface area (Å²) in [6.07, 6.45) is -10.1. The van der Waals surface area contributed by atoms with E-state index in [0.717, 1.165) is 0 Å². The second-order valence-corrected chi connectivity index (χ2v) is 10.5. The third-order valence-electron chi connectivity index (χ3n) is 5.41. The van der Waals surface area contributed by atoms with E-state index in [1.807, 2.05) is 0 Å². The number of carbonyl (C=O) groups is 1. The molecule has 1 atom stereocenters. The zero-order chi connectivity index (χ0) is 25.3. The number of rotatable bonds is 8. The summed E-state index contributed by atoms with van der Waals surface area (Å²) in [5.74, 6) is -0.949. The van der Waals surface area contributed by atoms with Crippen molar-refractivity contribution in [2.75, 3.05) is 24.7 Å². The van der Waals surface area contributed by atoms with E-state index in [1.54, 1.807) is 6.92 Å². The third-order valence-corrected chi connectivity index (χ3v) is 7.06. The largest absolute Gasteiger partial charge is 0.474 e. The van der Waals surface area contributed by atoms with E-state index in [-0.39, 0.29) is 47.2 Å². The Morgan fingerprint density at radius 3 is 2.44 bits per heavy atom. The highest BCUT2D eigenvalue weighted by atomic mass is 32.2. The van der Waals surface area contributed by atoms with Gasteiger partial charge in [0.1, 0.15) is 28.6 Å². The molecular weight excluding hydrogens is 491 g/mol. The highest BCUT2D eigenvalue weighted by Gasteiger charge is 2.42. The normalized spacial score (nSPS) is 18.7. The van der Waals surface area contributed by atoms with E-state index in [2.05, 4.69) is 20.0 Å². The van der Waals surface area contributed by atoms with Crippen LogP contribution in [0, 0.1) is 0 Å². The summed E-state index contributed by atoms with van der Waals surface area (Å²) in [6, 6.07) is 2.61. The zero-order valence-corrected chi connectivity index (χ0v) is 19.0. The second kappa shape index (κ2) is 9.60. The van der Waals surface area contributed by atoms with Crippen LogP contribution in [0.3, 0.4) is 0 Å². The van der Waals surface area contributed by atoms with Crippen LogP contribution in [0.15, 0.2) is 12.1 Å². The molecule has 1 aliphatic rings. The molecule has 3 rings (SSSR count). The van der Waals surface area contributed by atoms with Gasteiger partial charge in [-0.1, -0.05) is 0 Å². The summed E-state index contributed by atoms with van der Waals surface area (Å²) in [6.45, 7) is -0.758. The third kappa shape index (κ3) is 6.31. The highest BCUT2D eigenvalue weighted by molar-refractivity contribution is 7.91. The highest BCUT2D eigenvalue weighted by Crippen LogP contribution is 2.26. The summed E-state index contributed by atoms with van der Waals surface area (Å²) in [5, 5.41) is 2.80. The molecule has 1 saturated heterocycles. The molecule has 1 aliphatic heterocycles. The number of aromatic nitrogens is 3. The van der Waals surface area contributed by atoms with E-state index in [0.29, 0.717) is 0 Å². The van der Waals surface area contributed by atoms with Gasteiger partial charge in [-0.15, -0.1) is 0 Å². The first-order chi connectivity index (χ1) is 15.7. The van der Waals surface area contributed by atoms with Crippen LogP contribution >= 0.6 is 0 Å². The van der Waals surface area contributed by atoms with Gasteiger partial charge in [0.15, 0.2) is 11.8 Å². The molecule has 1 fully saturated rings. The summed E-state index contributed by atoms with van der Waals surface area (Å²) < 4.78 is 97.3. The number of carbonyl (C=O) groups excluding carboxylic acids is 1. The molecule has 0 bridgehead atoms. The Bertz CT molecular complexity index is 1140. The van der Waals surface area contributed by atoms with Crippen LogP contribution in [-0.2, 0) is 21.6 Å². The molecule has 3 heterocycles. The average Bonchev–Trinajstić information content (AvgIpc) is 3.06. The first kappa shape index (κ1) is 26.1. The van der Waals surface area contributed by atoms with Gasteiger partial charge in [-0.05, 0) is 25.8 Å². The number of imidazole rings is 1. The first-order valence-corrected chi connectivity index (χ1v) is 12.0. The number of amides is 1. The van der Waals surface area contributed by atoms with Crippen LogP contribution in [0.1, 0.15) is 30.4 Å². The number of fused-ring (bicyclic) bond motifs is 1. The molecule has 0 radical (unpaired) electrons. The second-order valence-electron chi connectivity index (χ2n) is 8.22. The van der Waals surface area contributed by atoms with E-state index in [4.69, 9.17) is 4.74 Å². The van der Waals surface area contributed by atoms with Crippen molar-refractivity contribution < 1.29 is 44.6 Å². The number of nitrogens with one attached hydrogen (secondary N) is 1. The van der Waals surface area contributed by atoms with Crippen LogP contribution < -0.4 is 10.1 Å². The minimum absolute atomic E-state index is 0.0391. The molecule has 190 valence electrons. The SMILES string of the molecule is Cn1c(C(=O)NC2(C)CCS(=O)(=O)CC2)nc2ccc(OCC(OCC(F)F)C(F)(F)F)nc21. The molecule has 0 saturated carbocycles. The van der Waals surface area contributed by atoms with E-state index in [1.165, 1.54) is 23.7 Å². The van der Waals surface area contributed by atoms with E-state index >= 15 is 0 Å². The lowest BCUT2D eigenvalue weighted by Crippen LogP contribution is -2.51. The minimum atomic E-state index is -4.93. The fourth-order valence-electron chi connectivity index (χ4n) is 3.36. The molecule has 0 aromatic carbocycles. The maximum atomic E-state index is 13.0. The molecule has 2 aromatic rings. The van der Waals surface area contributed by atoms with Gasteiger partial charge in [-0.25, -0.2) is 22.2 Å². The Morgan fingerprint density at radius 1 is 1.21 bits per heavy atom. The summed E-state index contributed by atoms with van der Waals surface area (Å²) >= 11 is 0. The van der Waals surface area contributed by atoms with Gasteiger partial charge in [-0.2, -0.15) is 18.2 Å². The van der Waals surface area contributed by atoms with Crippen molar-refractivity contribution >= 4 is 26.9 Å². The summed E-state index contributed by atoms with van der Waals surface area (Å²) in [5.41, 5.74) is -0.346. The molecule has 1 unspecified atom stereocenters. The van der Waals surface area contributed by atoms with Crippen molar-refractivity contribution in [3.05, 3.63) is 18.0 Å². The van der Waals surface area contributed by atoms with Gasteiger partial charge in [0, 0.05) is 18.7 Å². The number of pyridine rings is 1. The molecule has 0 spiro atoms. The summed E-state index contributed by atoms with van der Waals surface area (Å²) in [4.78, 5) is 21.0. The molecule has 1 N–H and O–H groups in total. The minimum Gasteiger partial charge on any atom is -0.474 e. The lowest BCUT2D eigenvalue weighted by atomic mass is 9.95. The maximum Gasteiger partial charge on any atom is 0.417 e. The van der Waals surface area contributed by atoms with Crippen molar-refractivity contribution in [2.24, 2.45) is 7.05 Å². The van der Waals surface area contributed by atoms with Gasteiger partial charge < -0.3 is 19.4 Å². The predicted octanol–water partition coefficient (Wildman–Crippen LogP) is 2.26. The van der Waals surface area contributed by atoms with Crippen LogP contribution in [0.4, 0.5) is 22.0 Å². The molecule has 34 heavy (non-hydrogen) atoms. The number of hydrogen-bond donors (Lipinski definition) is 1. The Morgan fingerprint density at radius 2 is 1.85 bits per heavy atom. The Kier molecular flexibility index (Phi) is 7.36. The Balaban J connectivity index is 1.73. The standard InChI is InChI=1S/C19H23F5N4O5S/c1-18(5-7-34(30,31)8-6-18)27-17(29)16-25-11-3-4-14(26-15(11)28(16)2)33-9-12(19(22,23)24)32-10-13(20)21/h3-4,12-13H,5-10H2,1-2H3,(H,27,29). The van der Waals surface area contributed by atoms with Crippen molar-refractivity contribution in [2.45, 2.75) is 44.0 Å². The van der Waals surface area contributed by atoms with Gasteiger partial charge in [0.05, 0.1) is 11.5 Å². The molecule has 9 nitrogen and oxygen atoms in total. The van der Waals surface area contributed by atoms with Crippen LogP contribution in [0.25, 0.3) is 11.2 Å². The quantitative estimate of drug-likeness (QED) is 0.538. The van der Waals surface area contributed by atoms with Crippen LogP contribution in [0.5, 0.6) is 5.88 Å². The van der Waals surface area contributed by atoms with Gasteiger partial charge in [0.2, 0.25) is 11.7 Å². The van der Waals surface area contributed by atoms with Crippen molar-refractivity contribution in [3.8, 4) is 5.88 Å². The number of ether oxygens (including phenoxy) is 2. The zero-order valence-electron chi connectivity index (χ0n) is 18.2. The maximum absolute atomic E-state index is 13.0. The topological polar surface area (TPSA) is 112 Å². The number of hydrogen-bond acceptors (Lipinski definition) is 7. The molecule has 1 amide bonds. The van der Waals surface area contributed by atoms with Gasteiger partial charge >= 0.3 is 6.18 Å². The molecule has 2 aromatic heterocycles. The van der Waals surface area contributed by atoms with Crippen LogP contribution in [-0.4, -0.2) is 77.8 Å². The van der Waals surface area contributed by atoms with Gasteiger partial charge in [0.25, 0.3) is 12.3 Å². The summed E-state index contributed by atoms with van der Waals surface area (Å²) in [7, 11) is -1.66. The monoisotopic (exact) mass is 514 g/mol. The smallest absolute Gasteiger partial charge is 0.417 e. The lowest BCUT2D eigenvalue weighted by molar-refractivity contribution is -0.234. The number of nitrogens with zero attached hydrogens (tertiary/aromatic N) is 3. The Labute approximate surface area is 191 Å². The lowest BCUT2D eigenvalue weighted by Gasteiger charge is -2.34. The van der Waals surface area contributed by atoms with Crippen molar-refractivity contribution in [1.82, 2.24) is 19.9 Å². The number of halogens is 5.